The highest BCUT2D eigenvalue weighted by atomic mass is 19.4. The molecule has 1 saturated heterocycles. The summed E-state index contributed by atoms with van der Waals surface area (Å²) in [6.45, 7) is 2.20. The second kappa shape index (κ2) is 5.55. The number of rotatable bonds is 2. The third-order valence-corrected chi connectivity index (χ3v) is 4.67. The van der Waals surface area contributed by atoms with E-state index in [9.17, 15) is 13.2 Å². The minimum Gasteiger partial charge on any atom is -0.368 e. The number of likely N-dealkylation sites (tertiary alicyclic amines) is 1. The van der Waals surface area contributed by atoms with Gasteiger partial charge in [0.15, 0.2) is 0 Å². The summed E-state index contributed by atoms with van der Waals surface area (Å²) in [4.78, 5) is 5.41. The summed E-state index contributed by atoms with van der Waals surface area (Å²) in [5, 5.41) is 10.1. The summed E-state index contributed by atoms with van der Waals surface area (Å²) in [5.74, 6) is -1.26. The highest BCUT2D eigenvalue weighted by molar-refractivity contribution is 5.26. The van der Waals surface area contributed by atoms with E-state index in [2.05, 4.69) is 20.3 Å². The zero-order valence-electron chi connectivity index (χ0n) is 12.8. The number of ether oxygens (including phenoxy) is 1. The van der Waals surface area contributed by atoms with Gasteiger partial charge in [-0.1, -0.05) is 5.16 Å². The molecule has 7 nitrogen and oxygen atoms in total. The highest BCUT2D eigenvalue weighted by Crippen LogP contribution is 2.40. The van der Waals surface area contributed by atoms with Crippen LogP contribution in [0.15, 0.2) is 10.7 Å². The molecule has 0 amide bonds. The van der Waals surface area contributed by atoms with E-state index in [-0.39, 0.29) is 18.0 Å². The lowest BCUT2D eigenvalue weighted by Crippen LogP contribution is -2.46. The molecular weight excluding hydrogens is 327 g/mol. The zero-order valence-corrected chi connectivity index (χ0v) is 12.8. The molecule has 130 valence electrons. The quantitative estimate of drug-likeness (QED) is 0.897. The second-order valence-corrected chi connectivity index (χ2v) is 6.15. The molecule has 4 heterocycles. The predicted octanol–water partition coefficient (Wildman–Crippen LogP) is 1.88. The summed E-state index contributed by atoms with van der Waals surface area (Å²) in [6.07, 6.45) is -0.422. The van der Waals surface area contributed by atoms with Crippen molar-refractivity contribution in [3.8, 4) is 0 Å². The number of aromatic nitrogens is 4. The van der Waals surface area contributed by atoms with Gasteiger partial charge in [0.2, 0.25) is 5.89 Å². The fourth-order valence-corrected chi connectivity index (χ4v) is 3.42. The Morgan fingerprint density at radius 1 is 1.29 bits per heavy atom. The van der Waals surface area contributed by atoms with Crippen molar-refractivity contribution in [1.82, 2.24) is 25.2 Å². The molecule has 0 aromatic carbocycles. The van der Waals surface area contributed by atoms with Crippen LogP contribution in [0.25, 0.3) is 0 Å². The van der Waals surface area contributed by atoms with Crippen LogP contribution >= 0.6 is 0 Å². The Morgan fingerprint density at radius 3 is 2.79 bits per heavy atom. The maximum Gasteiger partial charge on any atom is 0.455 e. The molecule has 0 atom stereocenters. The van der Waals surface area contributed by atoms with Crippen molar-refractivity contribution in [1.29, 1.82) is 0 Å². The average Bonchev–Trinajstić information content (AvgIpc) is 3.19. The van der Waals surface area contributed by atoms with Gasteiger partial charge in [-0.05, 0) is 24.8 Å². The van der Waals surface area contributed by atoms with Crippen LogP contribution in [0.5, 0.6) is 0 Å². The van der Waals surface area contributed by atoms with Crippen LogP contribution in [0.4, 0.5) is 13.2 Å². The van der Waals surface area contributed by atoms with Gasteiger partial charge >= 0.3 is 6.18 Å². The molecule has 2 aromatic rings. The molecule has 0 saturated carbocycles. The fraction of sp³-hybridized carbons (Fsp3) is 0.643. The van der Waals surface area contributed by atoms with Crippen LogP contribution in [0.2, 0.25) is 0 Å². The average molecular weight is 343 g/mol. The summed E-state index contributed by atoms with van der Waals surface area (Å²) < 4.78 is 48.3. The molecular formula is C14H16F3N5O2. The van der Waals surface area contributed by atoms with E-state index >= 15 is 0 Å². The first kappa shape index (κ1) is 15.6. The highest BCUT2D eigenvalue weighted by Gasteiger charge is 2.43. The lowest BCUT2D eigenvalue weighted by molar-refractivity contribution is -0.146. The van der Waals surface area contributed by atoms with Crippen molar-refractivity contribution >= 4 is 0 Å². The summed E-state index contributed by atoms with van der Waals surface area (Å²) in [7, 11) is 0. The van der Waals surface area contributed by atoms with E-state index in [1.165, 1.54) is 5.56 Å². The van der Waals surface area contributed by atoms with Crippen molar-refractivity contribution in [3.63, 3.8) is 0 Å². The number of hydrogen-bond donors (Lipinski definition) is 1. The van der Waals surface area contributed by atoms with Crippen LogP contribution < -0.4 is 0 Å². The first-order valence-corrected chi connectivity index (χ1v) is 7.75. The number of fused-ring (bicyclic) bond motifs is 2. The molecule has 2 aromatic heterocycles. The lowest BCUT2D eigenvalue weighted by atomic mass is 9.84. The Morgan fingerprint density at radius 2 is 2.08 bits per heavy atom. The van der Waals surface area contributed by atoms with Crippen LogP contribution in [0.1, 0.15) is 35.8 Å². The SMILES string of the molecule is FC(F)(F)c1noc(CN2CCC3(CC2)OCCc2cn[nH]c23)n1. The topological polar surface area (TPSA) is 80.1 Å². The normalized spacial score (nSPS) is 21.1. The van der Waals surface area contributed by atoms with Crippen molar-refractivity contribution in [2.45, 2.75) is 37.6 Å². The summed E-state index contributed by atoms with van der Waals surface area (Å²) in [5.41, 5.74) is 1.85. The van der Waals surface area contributed by atoms with E-state index in [0.29, 0.717) is 19.7 Å². The van der Waals surface area contributed by atoms with Gasteiger partial charge in [0, 0.05) is 13.1 Å². The molecule has 1 fully saturated rings. The Labute approximate surface area is 135 Å². The number of aromatic amines is 1. The monoisotopic (exact) mass is 343 g/mol. The Balaban J connectivity index is 1.42. The first-order chi connectivity index (χ1) is 11.5. The molecule has 1 spiro atoms. The molecule has 0 aliphatic carbocycles. The van der Waals surface area contributed by atoms with E-state index in [1.807, 2.05) is 11.1 Å². The van der Waals surface area contributed by atoms with Crippen LogP contribution in [0.3, 0.4) is 0 Å². The largest absolute Gasteiger partial charge is 0.455 e. The van der Waals surface area contributed by atoms with Gasteiger partial charge in [0.1, 0.15) is 5.60 Å². The molecule has 1 N–H and O–H groups in total. The van der Waals surface area contributed by atoms with Crippen molar-refractivity contribution in [3.05, 3.63) is 29.2 Å². The number of H-pyrrole nitrogens is 1. The smallest absolute Gasteiger partial charge is 0.368 e. The van der Waals surface area contributed by atoms with Gasteiger partial charge in [-0.15, -0.1) is 0 Å². The number of hydrogen-bond acceptors (Lipinski definition) is 6. The molecule has 10 heteroatoms. The van der Waals surface area contributed by atoms with Crippen molar-refractivity contribution in [2.75, 3.05) is 19.7 Å². The third-order valence-electron chi connectivity index (χ3n) is 4.67. The standard InChI is InChI=1S/C14H16F3N5O2/c15-14(16,17)12-19-10(24-21-12)8-22-4-2-13(3-5-22)11-9(1-6-23-13)7-18-20-11/h7H,1-6,8H2,(H,18,20). The number of halogens is 3. The molecule has 4 rings (SSSR count). The fourth-order valence-electron chi connectivity index (χ4n) is 3.42. The van der Waals surface area contributed by atoms with Gasteiger partial charge < -0.3 is 9.26 Å². The number of piperidine rings is 1. The molecule has 24 heavy (non-hydrogen) atoms. The maximum absolute atomic E-state index is 12.5. The Bertz CT molecular complexity index is 718. The van der Waals surface area contributed by atoms with Gasteiger partial charge in [-0.3, -0.25) is 10.00 Å². The zero-order chi connectivity index (χ0) is 16.8. The molecule has 2 aliphatic rings. The Kier molecular flexibility index (Phi) is 3.61. The van der Waals surface area contributed by atoms with Crippen LogP contribution in [-0.4, -0.2) is 44.9 Å². The number of alkyl halides is 3. The van der Waals surface area contributed by atoms with E-state index in [1.54, 1.807) is 0 Å². The minimum atomic E-state index is -4.58. The van der Waals surface area contributed by atoms with Crippen LogP contribution in [-0.2, 0) is 29.5 Å². The van der Waals surface area contributed by atoms with Crippen LogP contribution in [0, 0.1) is 0 Å². The van der Waals surface area contributed by atoms with Gasteiger partial charge in [0.05, 0.1) is 25.0 Å². The van der Waals surface area contributed by atoms with Gasteiger partial charge in [0.25, 0.3) is 5.82 Å². The minimum absolute atomic E-state index is 0.0231. The van der Waals surface area contributed by atoms with E-state index < -0.39 is 12.0 Å². The van der Waals surface area contributed by atoms with Gasteiger partial charge in [-0.2, -0.15) is 23.3 Å². The Hall–Kier alpha value is -1.94. The molecule has 0 unspecified atom stereocenters. The first-order valence-electron chi connectivity index (χ1n) is 7.75. The maximum atomic E-state index is 12.5. The molecule has 2 aliphatic heterocycles. The van der Waals surface area contributed by atoms with Crippen molar-refractivity contribution < 1.29 is 22.4 Å². The van der Waals surface area contributed by atoms with Crippen molar-refractivity contribution in [2.24, 2.45) is 0 Å². The number of nitrogens with one attached hydrogen (secondary N) is 1. The molecule has 0 radical (unpaired) electrons. The van der Waals surface area contributed by atoms with E-state index in [0.717, 1.165) is 25.0 Å². The lowest BCUT2D eigenvalue weighted by Gasteiger charge is -2.43. The summed E-state index contributed by atoms with van der Waals surface area (Å²) in [6, 6.07) is 0. The number of nitrogens with zero attached hydrogens (tertiary/aromatic N) is 4. The van der Waals surface area contributed by atoms with E-state index in [4.69, 9.17) is 9.26 Å². The summed E-state index contributed by atoms with van der Waals surface area (Å²) >= 11 is 0. The van der Waals surface area contributed by atoms with Gasteiger partial charge in [-0.25, -0.2) is 0 Å². The third kappa shape index (κ3) is 2.69. The predicted molar refractivity (Wildman–Crippen MR) is 73.7 cm³/mol. The molecule has 0 bridgehead atoms. The second-order valence-electron chi connectivity index (χ2n) is 6.15.